The summed E-state index contributed by atoms with van der Waals surface area (Å²) in [5.74, 6) is -0.359. The molecule has 0 heterocycles. The molecule has 4 N–H and O–H groups in total. The molecule has 0 aromatic carbocycles. The van der Waals surface area contributed by atoms with Gasteiger partial charge in [0.15, 0.2) is 0 Å². The van der Waals surface area contributed by atoms with E-state index in [9.17, 15) is 9.59 Å². The Hall–Kier alpha value is -1.10. The van der Waals surface area contributed by atoms with E-state index in [0.29, 0.717) is 0 Å². The van der Waals surface area contributed by atoms with Crippen LogP contribution in [0.3, 0.4) is 0 Å². The lowest BCUT2D eigenvalue weighted by atomic mass is 9.74. The maximum atomic E-state index is 11.4. The molecule has 15 heavy (non-hydrogen) atoms. The third-order valence-electron chi connectivity index (χ3n) is 3.15. The van der Waals surface area contributed by atoms with Crippen LogP contribution in [-0.2, 0) is 4.79 Å². The number of urea groups is 1. The highest BCUT2D eigenvalue weighted by atomic mass is 16.2. The largest absolute Gasteiger partial charge is 0.351 e. The van der Waals surface area contributed by atoms with Gasteiger partial charge >= 0.3 is 6.03 Å². The summed E-state index contributed by atoms with van der Waals surface area (Å²) in [5, 5.41) is 5.34. The number of nitrogens with two attached hydrogens (primary N) is 1. The van der Waals surface area contributed by atoms with Crippen LogP contribution >= 0.6 is 0 Å². The highest BCUT2D eigenvalue weighted by Gasteiger charge is 2.37. The molecule has 0 bridgehead atoms. The second-order valence-corrected chi connectivity index (χ2v) is 4.21. The highest BCUT2D eigenvalue weighted by molar-refractivity contribution is 5.96. The molecule has 0 aromatic heterocycles. The van der Waals surface area contributed by atoms with Gasteiger partial charge < -0.3 is 11.1 Å². The summed E-state index contributed by atoms with van der Waals surface area (Å²) in [6, 6.07) is -1.18. The molecule has 5 heteroatoms. The number of carbonyl (C=O) groups excluding carboxylic acids is 2. The molecule has 0 saturated heterocycles. The molecule has 0 radical (unpaired) electrons. The third-order valence-corrected chi connectivity index (χ3v) is 3.15. The molecule has 1 aliphatic carbocycles. The summed E-state index contributed by atoms with van der Waals surface area (Å²) in [7, 11) is 0. The predicted molar refractivity (Wildman–Crippen MR) is 57.2 cm³/mol. The summed E-state index contributed by atoms with van der Waals surface area (Å²) in [5.41, 5.74) is 4.97. The van der Waals surface area contributed by atoms with Gasteiger partial charge in [-0.15, -0.1) is 0 Å². The van der Waals surface area contributed by atoms with Gasteiger partial charge in [-0.05, 0) is 32.6 Å². The van der Waals surface area contributed by atoms with Gasteiger partial charge in [-0.1, -0.05) is 6.92 Å². The number of amides is 3. The Morgan fingerprint density at radius 2 is 2.07 bits per heavy atom. The van der Waals surface area contributed by atoms with Gasteiger partial charge in [-0.25, -0.2) is 4.79 Å². The van der Waals surface area contributed by atoms with Crippen molar-refractivity contribution in [2.45, 2.75) is 51.1 Å². The lowest BCUT2D eigenvalue weighted by molar-refractivity contribution is -0.122. The summed E-state index contributed by atoms with van der Waals surface area (Å²) in [4.78, 5) is 21.9. The van der Waals surface area contributed by atoms with Crippen molar-refractivity contribution < 1.29 is 9.59 Å². The van der Waals surface area contributed by atoms with Crippen LogP contribution in [0.15, 0.2) is 0 Å². The van der Waals surface area contributed by atoms with E-state index in [2.05, 4.69) is 17.6 Å². The Balaban J connectivity index is 2.43. The fourth-order valence-electron chi connectivity index (χ4n) is 1.96. The third kappa shape index (κ3) is 2.92. The van der Waals surface area contributed by atoms with Crippen molar-refractivity contribution >= 4 is 11.9 Å². The average molecular weight is 213 g/mol. The highest BCUT2D eigenvalue weighted by Crippen LogP contribution is 2.34. The van der Waals surface area contributed by atoms with Crippen molar-refractivity contribution in [1.82, 2.24) is 10.6 Å². The fourth-order valence-corrected chi connectivity index (χ4v) is 1.96. The first-order valence-electron chi connectivity index (χ1n) is 5.37. The van der Waals surface area contributed by atoms with E-state index in [-0.39, 0.29) is 17.5 Å². The first-order chi connectivity index (χ1) is 6.99. The summed E-state index contributed by atoms with van der Waals surface area (Å²) in [6.07, 6.45) is 4.39. The van der Waals surface area contributed by atoms with E-state index in [0.717, 1.165) is 19.3 Å². The molecule has 0 spiro atoms. The SMILES string of the molecule is CCC1(NC(C)C(=O)NC(N)=O)CCC1. The average Bonchev–Trinajstić information content (AvgIpc) is 2.09. The number of rotatable bonds is 4. The van der Waals surface area contributed by atoms with Crippen molar-refractivity contribution in [3.05, 3.63) is 0 Å². The van der Waals surface area contributed by atoms with E-state index in [1.807, 2.05) is 0 Å². The smallest absolute Gasteiger partial charge is 0.318 e. The molecule has 1 fully saturated rings. The summed E-state index contributed by atoms with van der Waals surface area (Å²) >= 11 is 0. The molecule has 1 rings (SSSR count). The van der Waals surface area contributed by atoms with Crippen LogP contribution < -0.4 is 16.4 Å². The normalized spacial score (nSPS) is 20.1. The van der Waals surface area contributed by atoms with Crippen LogP contribution in [0.5, 0.6) is 0 Å². The Bertz CT molecular complexity index is 256. The van der Waals surface area contributed by atoms with Crippen molar-refractivity contribution in [3.8, 4) is 0 Å². The van der Waals surface area contributed by atoms with Gasteiger partial charge in [0.2, 0.25) is 5.91 Å². The molecule has 1 saturated carbocycles. The van der Waals surface area contributed by atoms with E-state index in [1.165, 1.54) is 6.42 Å². The van der Waals surface area contributed by atoms with Crippen LogP contribution in [-0.4, -0.2) is 23.5 Å². The van der Waals surface area contributed by atoms with Gasteiger partial charge in [-0.3, -0.25) is 10.1 Å². The standard InChI is InChI=1S/C10H19N3O2/c1-3-10(5-4-6-10)13-7(2)8(14)12-9(11)15/h7,13H,3-6H2,1-2H3,(H3,11,12,14,15). The Morgan fingerprint density at radius 3 is 2.40 bits per heavy atom. The Kier molecular flexibility index (Phi) is 3.68. The van der Waals surface area contributed by atoms with Gasteiger partial charge in [-0.2, -0.15) is 0 Å². The van der Waals surface area contributed by atoms with Crippen molar-refractivity contribution in [2.75, 3.05) is 0 Å². The first kappa shape index (κ1) is 12.0. The lowest BCUT2D eigenvalue weighted by Gasteiger charge is -2.43. The maximum Gasteiger partial charge on any atom is 0.318 e. The van der Waals surface area contributed by atoms with E-state index in [4.69, 9.17) is 5.73 Å². The van der Waals surface area contributed by atoms with E-state index in [1.54, 1.807) is 6.92 Å². The van der Waals surface area contributed by atoms with Crippen LogP contribution in [0.2, 0.25) is 0 Å². The number of hydrogen-bond acceptors (Lipinski definition) is 3. The number of imide groups is 1. The van der Waals surface area contributed by atoms with Crippen LogP contribution in [0.1, 0.15) is 39.5 Å². The first-order valence-corrected chi connectivity index (χ1v) is 5.37. The number of carbonyl (C=O) groups is 2. The molecular weight excluding hydrogens is 194 g/mol. The summed E-state index contributed by atoms with van der Waals surface area (Å²) < 4.78 is 0. The van der Waals surface area contributed by atoms with E-state index >= 15 is 0 Å². The molecule has 5 nitrogen and oxygen atoms in total. The number of primary amides is 1. The lowest BCUT2D eigenvalue weighted by Crippen LogP contribution is -2.58. The van der Waals surface area contributed by atoms with Crippen LogP contribution in [0.4, 0.5) is 4.79 Å². The minimum atomic E-state index is -0.798. The molecule has 3 amide bonds. The molecule has 0 aromatic rings. The Morgan fingerprint density at radius 1 is 1.47 bits per heavy atom. The maximum absolute atomic E-state index is 11.4. The number of hydrogen-bond donors (Lipinski definition) is 3. The molecule has 1 atom stereocenters. The second-order valence-electron chi connectivity index (χ2n) is 4.21. The van der Waals surface area contributed by atoms with Gasteiger partial charge in [0.05, 0.1) is 6.04 Å². The zero-order chi connectivity index (χ0) is 11.5. The molecule has 1 unspecified atom stereocenters. The molecule has 0 aliphatic heterocycles. The topological polar surface area (TPSA) is 84.2 Å². The van der Waals surface area contributed by atoms with Gasteiger partial charge in [0.25, 0.3) is 0 Å². The number of nitrogens with one attached hydrogen (secondary N) is 2. The van der Waals surface area contributed by atoms with Gasteiger partial charge in [0.1, 0.15) is 0 Å². The van der Waals surface area contributed by atoms with Crippen molar-refractivity contribution in [2.24, 2.45) is 5.73 Å². The quantitative estimate of drug-likeness (QED) is 0.635. The van der Waals surface area contributed by atoms with Gasteiger partial charge in [0, 0.05) is 5.54 Å². The molecule has 1 aliphatic rings. The minimum Gasteiger partial charge on any atom is -0.351 e. The summed E-state index contributed by atoms with van der Waals surface area (Å²) in [6.45, 7) is 3.85. The van der Waals surface area contributed by atoms with Crippen molar-refractivity contribution in [3.63, 3.8) is 0 Å². The van der Waals surface area contributed by atoms with E-state index < -0.39 is 6.03 Å². The predicted octanol–water partition coefficient (Wildman–Crippen LogP) is 0.492. The monoisotopic (exact) mass is 213 g/mol. The second kappa shape index (κ2) is 4.61. The fraction of sp³-hybridized carbons (Fsp3) is 0.800. The van der Waals surface area contributed by atoms with Crippen LogP contribution in [0.25, 0.3) is 0 Å². The Labute approximate surface area is 89.8 Å². The molecule has 86 valence electrons. The van der Waals surface area contributed by atoms with Crippen LogP contribution in [0, 0.1) is 0 Å². The van der Waals surface area contributed by atoms with Crippen molar-refractivity contribution in [1.29, 1.82) is 0 Å². The molecular formula is C10H19N3O2. The minimum absolute atomic E-state index is 0.0917. The zero-order valence-electron chi connectivity index (χ0n) is 9.30. The zero-order valence-corrected chi connectivity index (χ0v) is 9.30.